The van der Waals surface area contributed by atoms with Gasteiger partial charge in [0.05, 0.1) is 35.4 Å². The Bertz CT molecular complexity index is 1310. The van der Waals surface area contributed by atoms with Crippen molar-refractivity contribution in [1.82, 2.24) is 19.7 Å². The molecule has 0 unspecified atom stereocenters. The normalized spacial score (nSPS) is 10.8. The molecule has 0 bridgehead atoms. The molecule has 8 heteroatoms. The second kappa shape index (κ2) is 8.50. The molecule has 0 saturated heterocycles. The summed E-state index contributed by atoms with van der Waals surface area (Å²) in [6, 6.07) is 14.7. The number of aromatic nitrogens is 4. The lowest BCUT2D eigenvalue weighted by Crippen LogP contribution is -2.10. The minimum atomic E-state index is -1.01. The molecule has 0 aliphatic heterocycles. The Morgan fingerprint density at radius 1 is 1.09 bits per heavy atom. The van der Waals surface area contributed by atoms with Crippen molar-refractivity contribution in [3.05, 3.63) is 77.2 Å². The van der Waals surface area contributed by atoms with E-state index in [1.807, 2.05) is 57.2 Å². The number of nitrogens with zero attached hydrogens (tertiary/aromatic N) is 4. The summed E-state index contributed by atoms with van der Waals surface area (Å²) in [4.78, 5) is 20.8. The highest BCUT2D eigenvalue weighted by atomic mass is 16.5. The number of nitrogens with one attached hydrogen (secondary N) is 1. The van der Waals surface area contributed by atoms with Crippen LogP contribution < -0.4 is 10.1 Å². The second-order valence-corrected chi connectivity index (χ2v) is 7.46. The molecule has 0 spiro atoms. The largest absolute Gasteiger partial charge is 0.497 e. The lowest BCUT2D eigenvalue weighted by molar-refractivity contribution is 0.0698. The number of hydrogen-bond acceptors (Lipinski definition) is 6. The minimum absolute atomic E-state index is 0.174. The van der Waals surface area contributed by atoms with E-state index < -0.39 is 5.97 Å². The van der Waals surface area contributed by atoms with E-state index in [0.29, 0.717) is 34.5 Å². The van der Waals surface area contributed by atoms with Crippen LogP contribution in [-0.2, 0) is 0 Å². The molecule has 162 valence electrons. The van der Waals surface area contributed by atoms with E-state index in [1.165, 1.54) is 0 Å². The van der Waals surface area contributed by atoms with Crippen molar-refractivity contribution in [2.75, 3.05) is 12.4 Å². The predicted octanol–water partition coefficient (Wildman–Crippen LogP) is 4.70. The second-order valence-electron chi connectivity index (χ2n) is 7.46. The highest BCUT2D eigenvalue weighted by Crippen LogP contribution is 2.30. The van der Waals surface area contributed by atoms with Crippen LogP contribution in [0.3, 0.4) is 0 Å². The maximum Gasteiger partial charge on any atom is 0.337 e. The quantitative estimate of drug-likeness (QED) is 0.458. The van der Waals surface area contributed by atoms with Gasteiger partial charge in [0.2, 0.25) is 0 Å². The van der Waals surface area contributed by atoms with E-state index in [-0.39, 0.29) is 5.56 Å². The summed E-state index contributed by atoms with van der Waals surface area (Å²) in [5.74, 6) is 0.828. The van der Waals surface area contributed by atoms with Gasteiger partial charge in [-0.1, -0.05) is 23.8 Å². The van der Waals surface area contributed by atoms with Gasteiger partial charge in [0.25, 0.3) is 0 Å². The van der Waals surface area contributed by atoms with Crippen molar-refractivity contribution < 1.29 is 14.6 Å². The summed E-state index contributed by atoms with van der Waals surface area (Å²) in [6.07, 6.45) is 1.70. The minimum Gasteiger partial charge on any atom is -0.497 e. The highest BCUT2D eigenvalue weighted by molar-refractivity contribution is 5.95. The van der Waals surface area contributed by atoms with Gasteiger partial charge < -0.3 is 15.2 Å². The number of hydrogen-bond donors (Lipinski definition) is 2. The SMILES string of the molecule is COc1cccc(-c2cc(Nc3ccc(C)cc3C(=O)O)n(-c3nc(C)cnc3C)n2)c1. The standard InChI is InChI=1S/C24H23N5O3/c1-14-8-9-20(19(10-14)24(30)31)27-22-12-21(17-6-5-7-18(11-17)32-4)28-29(22)23-16(3)25-13-15(2)26-23/h5-13,27H,1-4H3,(H,30,31). The molecule has 2 heterocycles. The fourth-order valence-corrected chi connectivity index (χ4v) is 3.36. The first-order chi connectivity index (χ1) is 15.4. The number of methoxy groups -OCH3 is 1. The number of rotatable bonds is 6. The van der Waals surface area contributed by atoms with E-state index in [9.17, 15) is 9.90 Å². The Labute approximate surface area is 185 Å². The summed E-state index contributed by atoms with van der Waals surface area (Å²) < 4.78 is 6.99. The number of anilines is 2. The van der Waals surface area contributed by atoms with Gasteiger partial charge in [0.1, 0.15) is 11.6 Å². The molecule has 2 aromatic carbocycles. The summed E-state index contributed by atoms with van der Waals surface area (Å²) in [7, 11) is 1.61. The van der Waals surface area contributed by atoms with Crippen LogP contribution in [0.2, 0.25) is 0 Å². The molecule has 0 saturated carbocycles. The molecular formula is C24H23N5O3. The molecular weight excluding hydrogens is 406 g/mol. The van der Waals surface area contributed by atoms with Gasteiger partial charge in [0, 0.05) is 17.8 Å². The van der Waals surface area contributed by atoms with Gasteiger partial charge >= 0.3 is 5.97 Å². The van der Waals surface area contributed by atoms with Crippen molar-refractivity contribution in [2.24, 2.45) is 0 Å². The number of aromatic carboxylic acids is 1. The summed E-state index contributed by atoms with van der Waals surface area (Å²) in [6.45, 7) is 5.57. The van der Waals surface area contributed by atoms with Gasteiger partial charge in [0.15, 0.2) is 5.82 Å². The summed E-state index contributed by atoms with van der Waals surface area (Å²) in [5.41, 5.74) is 4.47. The third kappa shape index (κ3) is 4.15. The third-order valence-electron chi connectivity index (χ3n) is 4.99. The lowest BCUT2D eigenvalue weighted by atomic mass is 10.1. The monoisotopic (exact) mass is 429 g/mol. The zero-order valence-corrected chi connectivity index (χ0v) is 18.2. The fraction of sp³-hybridized carbons (Fsp3) is 0.167. The van der Waals surface area contributed by atoms with Crippen molar-refractivity contribution >= 4 is 17.5 Å². The van der Waals surface area contributed by atoms with Crippen molar-refractivity contribution in [1.29, 1.82) is 0 Å². The summed E-state index contributed by atoms with van der Waals surface area (Å²) in [5, 5.41) is 17.7. The van der Waals surface area contributed by atoms with Crippen LogP contribution in [0.25, 0.3) is 17.1 Å². The Hall–Kier alpha value is -4.20. The molecule has 8 nitrogen and oxygen atoms in total. The van der Waals surface area contributed by atoms with Crippen LogP contribution in [0.4, 0.5) is 11.5 Å². The van der Waals surface area contributed by atoms with Gasteiger partial charge in [-0.25, -0.2) is 9.78 Å². The number of carbonyl (C=O) groups is 1. The van der Waals surface area contributed by atoms with Crippen LogP contribution in [-0.4, -0.2) is 37.9 Å². The number of ether oxygens (including phenoxy) is 1. The number of aryl methyl sites for hydroxylation is 3. The topological polar surface area (TPSA) is 102 Å². The van der Waals surface area contributed by atoms with Crippen LogP contribution in [0.15, 0.2) is 54.7 Å². The molecule has 2 N–H and O–H groups in total. The van der Waals surface area contributed by atoms with Crippen LogP contribution in [0.1, 0.15) is 27.3 Å². The molecule has 0 radical (unpaired) electrons. The van der Waals surface area contributed by atoms with E-state index in [2.05, 4.69) is 15.3 Å². The average molecular weight is 429 g/mol. The van der Waals surface area contributed by atoms with Crippen molar-refractivity contribution in [2.45, 2.75) is 20.8 Å². The molecule has 0 fully saturated rings. The first-order valence-corrected chi connectivity index (χ1v) is 10.0. The Kier molecular flexibility index (Phi) is 5.59. The van der Waals surface area contributed by atoms with Crippen LogP contribution in [0.5, 0.6) is 5.75 Å². The molecule has 4 aromatic rings. The molecule has 4 rings (SSSR count). The van der Waals surface area contributed by atoms with Crippen molar-refractivity contribution in [3.63, 3.8) is 0 Å². The number of carboxylic acid groups (broad SMARTS) is 1. The first kappa shape index (κ1) is 21.0. The predicted molar refractivity (Wildman–Crippen MR) is 122 cm³/mol. The molecule has 0 aliphatic rings. The fourth-order valence-electron chi connectivity index (χ4n) is 3.36. The number of carboxylic acids is 1. The van der Waals surface area contributed by atoms with E-state index in [1.54, 1.807) is 30.1 Å². The smallest absolute Gasteiger partial charge is 0.337 e. The zero-order valence-electron chi connectivity index (χ0n) is 18.2. The zero-order chi connectivity index (χ0) is 22.8. The van der Waals surface area contributed by atoms with Crippen molar-refractivity contribution in [3.8, 4) is 22.8 Å². The van der Waals surface area contributed by atoms with E-state index >= 15 is 0 Å². The maximum atomic E-state index is 11.8. The van der Waals surface area contributed by atoms with Crippen LogP contribution >= 0.6 is 0 Å². The maximum absolute atomic E-state index is 11.8. The van der Waals surface area contributed by atoms with Gasteiger partial charge in [-0.2, -0.15) is 9.78 Å². The van der Waals surface area contributed by atoms with Crippen LogP contribution in [0, 0.1) is 20.8 Å². The van der Waals surface area contributed by atoms with Gasteiger partial charge in [-0.3, -0.25) is 4.98 Å². The third-order valence-corrected chi connectivity index (χ3v) is 4.99. The van der Waals surface area contributed by atoms with Gasteiger partial charge in [-0.05, 0) is 45.0 Å². The lowest BCUT2D eigenvalue weighted by Gasteiger charge is -2.13. The summed E-state index contributed by atoms with van der Waals surface area (Å²) >= 11 is 0. The molecule has 0 atom stereocenters. The molecule has 0 amide bonds. The first-order valence-electron chi connectivity index (χ1n) is 10.0. The van der Waals surface area contributed by atoms with Gasteiger partial charge in [-0.15, -0.1) is 0 Å². The Morgan fingerprint density at radius 2 is 1.91 bits per heavy atom. The Morgan fingerprint density at radius 3 is 2.66 bits per heavy atom. The molecule has 0 aliphatic carbocycles. The molecule has 2 aromatic heterocycles. The van der Waals surface area contributed by atoms with E-state index in [4.69, 9.17) is 9.84 Å². The highest BCUT2D eigenvalue weighted by Gasteiger charge is 2.18. The Balaban J connectivity index is 1.88. The number of benzene rings is 2. The average Bonchev–Trinajstić information content (AvgIpc) is 3.20. The molecule has 32 heavy (non-hydrogen) atoms. The van der Waals surface area contributed by atoms with E-state index in [0.717, 1.165) is 16.8 Å².